The second-order valence-electron chi connectivity index (χ2n) is 8.18. The van der Waals surface area contributed by atoms with Crippen LogP contribution in [0.5, 0.6) is 5.75 Å². The number of carbonyl (C=O) groups excluding carboxylic acids is 3. The Kier molecular flexibility index (Phi) is 8.89. The van der Waals surface area contributed by atoms with Gasteiger partial charge in [-0.25, -0.2) is 0 Å². The van der Waals surface area contributed by atoms with Crippen LogP contribution in [-0.2, 0) is 25.5 Å². The minimum Gasteiger partial charge on any atom is -0.491 e. The molecule has 7 heteroatoms. The molecule has 2 aromatic carbocycles. The van der Waals surface area contributed by atoms with E-state index in [1.165, 1.54) is 4.90 Å². The number of halogens is 1. The van der Waals surface area contributed by atoms with Gasteiger partial charge in [-0.2, -0.15) is 0 Å². The van der Waals surface area contributed by atoms with Crippen LogP contribution in [0.1, 0.15) is 55.2 Å². The monoisotopic (exact) mass is 471 g/mol. The molecule has 2 amide bonds. The quantitative estimate of drug-likeness (QED) is 0.346. The van der Waals surface area contributed by atoms with E-state index in [4.69, 9.17) is 21.1 Å². The Morgan fingerprint density at radius 2 is 1.79 bits per heavy atom. The molecule has 0 saturated carbocycles. The third-order valence-electron chi connectivity index (χ3n) is 5.81. The van der Waals surface area contributed by atoms with E-state index >= 15 is 0 Å². The number of imide groups is 1. The van der Waals surface area contributed by atoms with Gasteiger partial charge in [-0.1, -0.05) is 35.9 Å². The van der Waals surface area contributed by atoms with Crippen molar-refractivity contribution in [1.29, 1.82) is 0 Å². The smallest absolute Gasteiger partial charge is 0.306 e. The number of rotatable bonds is 11. The molecule has 0 radical (unpaired) electrons. The van der Waals surface area contributed by atoms with E-state index in [1.807, 2.05) is 50.2 Å². The van der Waals surface area contributed by atoms with E-state index in [0.717, 1.165) is 35.3 Å². The summed E-state index contributed by atoms with van der Waals surface area (Å²) in [5.41, 5.74) is 3.20. The lowest BCUT2D eigenvalue weighted by molar-refractivity contribution is -0.143. The van der Waals surface area contributed by atoms with Crippen molar-refractivity contribution in [3.63, 3.8) is 0 Å². The maximum absolute atomic E-state index is 12.1. The van der Waals surface area contributed by atoms with Crippen molar-refractivity contribution in [1.82, 2.24) is 4.90 Å². The number of aryl methyl sites for hydroxylation is 2. The van der Waals surface area contributed by atoms with Gasteiger partial charge < -0.3 is 9.47 Å². The van der Waals surface area contributed by atoms with Gasteiger partial charge in [0.05, 0.1) is 19.6 Å². The molecule has 2 aromatic rings. The van der Waals surface area contributed by atoms with Crippen molar-refractivity contribution in [2.75, 3.05) is 19.8 Å². The molecule has 6 nitrogen and oxygen atoms in total. The minimum atomic E-state index is -0.202. The molecule has 0 aromatic heterocycles. The van der Waals surface area contributed by atoms with Gasteiger partial charge in [0.2, 0.25) is 11.8 Å². The summed E-state index contributed by atoms with van der Waals surface area (Å²) in [6.07, 6.45) is 2.49. The summed E-state index contributed by atoms with van der Waals surface area (Å²) >= 11 is 6.02. The van der Waals surface area contributed by atoms with Crippen molar-refractivity contribution in [3.05, 3.63) is 64.2 Å². The number of esters is 1. The van der Waals surface area contributed by atoms with E-state index in [2.05, 4.69) is 6.07 Å². The molecule has 0 N–H and O–H groups in total. The number of benzene rings is 2. The standard InChI is InChI=1S/C26H30ClNO5/c1-3-32-26(31)17-21(20-7-9-22(27)10-8-20)6-4-19-5-11-23(18(2)16-19)33-15-14-28-24(29)12-13-25(28)30/h5,7-11,16,21H,3-4,6,12-15,17H2,1-2H3. The molecule has 1 saturated heterocycles. The molecule has 1 fully saturated rings. The average molecular weight is 472 g/mol. The maximum atomic E-state index is 12.1. The van der Waals surface area contributed by atoms with Crippen molar-refractivity contribution in [2.45, 2.75) is 51.9 Å². The molecule has 0 bridgehead atoms. The highest BCUT2D eigenvalue weighted by Crippen LogP contribution is 2.28. The third kappa shape index (κ3) is 7.06. The van der Waals surface area contributed by atoms with Crippen LogP contribution in [-0.4, -0.2) is 42.4 Å². The van der Waals surface area contributed by atoms with Gasteiger partial charge >= 0.3 is 5.97 Å². The van der Waals surface area contributed by atoms with Crippen LogP contribution in [0.3, 0.4) is 0 Å². The van der Waals surface area contributed by atoms with Crippen LogP contribution in [0.15, 0.2) is 42.5 Å². The Balaban J connectivity index is 1.58. The van der Waals surface area contributed by atoms with E-state index in [9.17, 15) is 14.4 Å². The van der Waals surface area contributed by atoms with Crippen LogP contribution in [0.2, 0.25) is 5.02 Å². The van der Waals surface area contributed by atoms with E-state index in [1.54, 1.807) is 0 Å². The lowest BCUT2D eigenvalue weighted by Gasteiger charge is -2.18. The number of amides is 2. The van der Waals surface area contributed by atoms with Crippen LogP contribution >= 0.6 is 11.6 Å². The van der Waals surface area contributed by atoms with Crippen LogP contribution < -0.4 is 4.74 Å². The molecule has 1 aliphatic rings. The number of likely N-dealkylation sites (tertiary alicyclic amines) is 1. The van der Waals surface area contributed by atoms with Gasteiger partial charge in [0.25, 0.3) is 0 Å². The van der Waals surface area contributed by atoms with Gasteiger partial charge in [0.1, 0.15) is 12.4 Å². The highest BCUT2D eigenvalue weighted by Gasteiger charge is 2.28. The van der Waals surface area contributed by atoms with E-state index < -0.39 is 0 Å². The normalized spacial score (nSPS) is 14.5. The third-order valence-corrected chi connectivity index (χ3v) is 6.06. The fourth-order valence-electron chi connectivity index (χ4n) is 4.03. The summed E-state index contributed by atoms with van der Waals surface area (Å²) in [6, 6.07) is 13.6. The van der Waals surface area contributed by atoms with Gasteiger partial charge in [0, 0.05) is 17.9 Å². The molecule has 0 spiro atoms. The number of ether oxygens (including phenoxy) is 2. The Bertz CT molecular complexity index is 973. The summed E-state index contributed by atoms with van der Waals surface area (Å²) in [5.74, 6) is 0.307. The summed E-state index contributed by atoms with van der Waals surface area (Å²) in [6.45, 7) is 4.70. The maximum Gasteiger partial charge on any atom is 0.306 e. The van der Waals surface area contributed by atoms with Gasteiger partial charge in [0.15, 0.2) is 0 Å². The first-order chi connectivity index (χ1) is 15.9. The van der Waals surface area contributed by atoms with Crippen molar-refractivity contribution >= 4 is 29.4 Å². The molecular formula is C26H30ClNO5. The number of hydrogen-bond acceptors (Lipinski definition) is 5. The van der Waals surface area contributed by atoms with E-state index in [-0.39, 0.29) is 36.9 Å². The van der Waals surface area contributed by atoms with Crippen LogP contribution in [0.25, 0.3) is 0 Å². The lowest BCUT2D eigenvalue weighted by atomic mass is 9.89. The Morgan fingerprint density at radius 3 is 2.42 bits per heavy atom. The summed E-state index contributed by atoms with van der Waals surface area (Å²) in [4.78, 5) is 36.8. The SMILES string of the molecule is CCOC(=O)CC(CCc1ccc(OCCN2C(=O)CCC2=O)c(C)c1)c1ccc(Cl)cc1. The Hall–Kier alpha value is -2.86. The summed E-state index contributed by atoms with van der Waals surface area (Å²) in [7, 11) is 0. The molecule has 1 aliphatic heterocycles. The zero-order chi connectivity index (χ0) is 23.8. The first kappa shape index (κ1) is 24.8. The predicted molar refractivity (Wildman–Crippen MR) is 126 cm³/mol. The van der Waals surface area contributed by atoms with Crippen molar-refractivity contribution in [3.8, 4) is 5.75 Å². The number of nitrogens with zero attached hydrogens (tertiary/aromatic N) is 1. The van der Waals surface area contributed by atoms with Crippen molar-refractivity contribution in [2.24, 2.45) is 0 Å². The molecule has 3 rings (SSSR count). The number of hydrogen-bond donors (Lipinski definition) is 0. The lowest BCUT2D eigenvalue weighted by Crippen LogP contribution is -2.33. The van der Waals surface area contributed by atoms with E-state index in [0.29, 0.717) is 30.9 Å². The topological polar surface area (TPSA) is 72.9 Å². The highest BCUT2D eigenvalue weighted by atomic mass is 35.5. The highest BCUT2D eigenvalue weighted by molar-refractivity contribution is 6.30. The summed E-state index contributed by atoms with van der Waals surface area (Å²) in [5, 5.41) is 0.665. The summed E-state index contributed by atoms with van der Waals surface area (Å²) < 4.78 is 11.0. The fourth-order valence-corrected chi connectivity index (χ4v) is 4.16. The van der Waals surface area contributed by atoms with Crippen molar-refractivity contribution < 1.29 is 23.9 Å². The first-order valence-electron chi connectivity index (χ1n) is 11.3. The predicted octanol–water partition coefficient (Wildman–Crippen LogP) is 4.85. The first-order valence-corrected chi connectivity index (χ1v) is 11.7. The molecule has 1 heterocycles. The minimum absolute atomic E-state index is 0.0353. The van der Waals surface area contributed by atoms with Gasteiger partial charge in [-0.3, -0.25) is 19.3 Å². The molecule has 33 heavy (non-hydrogen) atoms. The fraction of sp³-hybridized carbons (Fsp3) is 0.423. The molecular weight excluding hydrogens is 442 g/mol. The van der Waals surface area contributed by atoms with Crippen LogP contribution in [0.4, 0.5) is 0 Å². The zero-order valence-corrected chi connectivity index (χ0v) is 19.9. The average Bonchev–Trinajstić information content (AvgIpc) is 3.11. The Labute approximate surface area is 199 Å². The molecule has 176 valence electrons. The second kappa shape index (κ2) is 11.8. The molecule has 0 aliphatic carbocycles. The second-order valence-corrected chi connectivity index (χ2v) is 8.62. The Morgan fingerprint density at radius 1 is 1.09 bits per heavy atom. The number of carbonyl (C=O) groups is 3. The zero-order valence-electron chi connectivity index (χ0n) is 19.1. The largest absolute Gasteiger partial charge is 0.491 e. The van der Waals surface area contributed by atoms with Crippen LogP contribution in [0, 0.1) is 6.92 Å². The molecule has 1 unspecified atom stereocenters. The van der Waals surface area contributed by atoms with Gasteiger partial charge in [-0.05, 0) is 67.5 Å². The molecule has 1 atom stereocenters. The van der Waals surface area contributed by atoms with Gasteiger partial charge in [-0.15, -0.1) is 0 Å².